The average molecular weight is 401 g/mol. The summed E-state index contributed by atoms with van der Waals surface area (Å²) in [6.45, 7) is 2.09. The van der Waals surface area contributed by atoms with Crippen LogP contribution in [0.3, 0.4) is 0 Å². The van der Waals surface area contributed by atoms with Crippen LogP contribution in [0, 0.1) is 5.92 Å². The van der Waals surface area contributed by atoms with Crippen molar-refractivity contribution < 1.29 is 0 Å². The van der Waals surface area contributed by atoms with E-state index in [0.29, 0.717) is 0 Å². The van der Waals surface area contributed by atoms with Crippen LogP contribution < -0.4 is 10.6 Å². The topological polar surface area (TPSA) is 36.4 Å². The van der Waals surface area contributed by atoms with Crippen molar-refractivity contribution in [3.63, 3.8) is 0 Å². The second-order valence-electron chi connectivity index (χ2n) is 5.62. The molecule has 1 aliphatic rings. The zero-order valence-corrected chi connectivity index (χ0v) is 15.3. The van der Waals surface area contributed by atoms with Crippen molar-refractivity contribution in [1.29, 1.82) is 0 Å². The van der Waals surface area contributed by atoms with Crippen LogP contribution in [0.5, 0.6) is 0 Å². The molecule has 0 amide bonds. The number of rotatable bonds is 8. The number of aliphatic imine (C=N–C) groups is 1. The fourth-order valence-corrected chi connectivity index (χ4v) is 2.27. The molecule has 0 unspecified atom stereocenters. The highest BCUT2D eigenvalue weighted by atomic mass is 127. The second-order valence-corrected chi connectivity index (χ2v) is 5.62. The summed E-state index contributed by atoms with van der Waals surface area (Å²) >= 11 is 0. The molecule has 1 saturated carbocycles. The van der Waals surface area contributed by atoms with Crippen LogP contribution in [0.25, 0.3) is 0 Å². The molecule has 1 fully saturated rings. The average Bonchev–Trinajstić information content (AvgIpc) is 3.31. The number of benzene rings is 1. The van der Waals surface area contributed by atoms with Gasteiger partial charge in [-0.1, -0.05) is 36.8 Å². The Morgan fingerprint density at radius 2 is 1.86 bits per heavy atom. The van der Waals surface area contributed by atoms with Crippen molar-refractivity contribution in [1.82, 2.24) is 10.6 Å². The largest absolute Gasteiger partial charge is 0.356 e. The predicted octanol–water partition coefficient (Wildman–Crippen LogP) is 3.59. The van der Waals surface area contributed by atoms with Crippen LogP contribution in [-0.2, 0) is 6.42 Å². The van der Waals surface area contributed by atoms with E-state index < -0.39 is 0 Å². The maximum absolute atomic E-state index is 4.25. The molecule has 0 heterocycles. The molecule has 1 aromatic carbocycles. The molecule has 21 heavy (non-hydrogen) atoms. The predicted molar refractivity (Wildman–Crippen MR) is 102 cm³/mol. The number of unbranched alkanes of at least 4 members (excludes halogenated alkanes) is 2. The van der Waals surface area contributed by atoms with Crippen LogP contribution in [0.2, 0.25) is 0 Å². The van der Waals surface area contributed by atoms with Crippen molar-refractivity contribution in [2.24, 2.45) is 10.9 Å². The Balaban J connectivity index is 0.00000220. The fraction of sp³-hybridized carbons (Fsp3) is 0.588. The van der Waals surface area contributed by atoms with E-state index in [1.807, 2.05) is 7.05 Å². The molecular weight excluding hydrogens is 373 g/mol. The summed E-state index contributed by atoms with van der Waals surface area (Å²) < 4.78 is 0. The highest BCUT2D eigenvalue weighted by Crippen LogP contribution is 2.27. The number of halogens is 1. The monoisotopic (exact) mass is 401 g/mol. The molecule has 2 rings (SSSR count). The lowest BCUT2D eigenvalue weighted by molar-refractivity contribution is 0.652. The van der Waals surface area contributed by atoms with Gasteiger partial charge in [-0.15, -0.1) is 24.0 Å². The minimum absolute atomic E-state index is 0. The molecule has 0 aromatic heterocycles. The van der Waals surface area contributed by atoms with Crippen LogP contribution in [0.1, 0.15) is 37.7 Å². The third-order valence-corrected chi connectivity index (χ3v) is 3.76. The molecule has 4 heteroatoms. The summed E-state index contributed by atoms with van der Waals surface area (Å²) in [6.07, 6.45) is 7.68. The number of hydrogen-bond acceptors (Lipinski definition) is 1. The molecule has 0 aliphatic heterocycles. The first-order valence-electron chi connectivity index (χ1n) is 7.87. The van der Waals surface area contributed by atoms with Gasteiger partial charge in [0.15, 0.2) is 5.96 Å². The van der Waals surface area contributed by atoms with E-state index in [9.17, 15) is 0 Å². The third-order valence-electron chi connectivity index (χ3n) is 3.76. The molecular formula is C17H28IN3. The maximum Gasteiger partial charge on any atom is 0.190 e. The van der Waals surface area contributed by atoms with E-state index in [1.54, 1.807) is 0 Å². The maximum atomic E-state index is 4.25. The quantitative estimate of drug-likeness (QED) is 0.302. The normalized spacial score (nSPS) is 14.4. The molecule has 1 aliphatic carbocycles. The lowest BCUT2D eigenvalue weighted by atomic mass is 10.1. The van der Waals surface area contributed by atoms with E-state index in [0.717, 1.165) is 25.0 Å². The Labute approximate surface area is 146 Å². The molecule has 2 N–H and O–H groups in total. The van der Waals surface area contributed by atoms with Gasteiger partial charge >= 0.3 is 0 Å². The van der Waals surface area contributed by atoms with Gasteiger partial charge in [-0.2, -0.15) is 0 Å². The summed E-state index contributed by atoms with van der Waals surface area (Å²) in [5.74, 6) is 1.85. The van der Waals surface area contributed by atoms with Gasteiger partial charge in [0.05, 0.1) is 0 Å². The summed E-state index contributed by atoms with van der Waals surface area (Å²) in [4.78, 5) is 4.25. The number of aryl methyl sites for hydroxylation is 1. The molecule has 3 nitrogen and oxygen atoms in total. The van der Waals surface area contributed by atoms with Crippen molar-refractivity contribution >= 4 is 29.9 Å². The summed E-state index contributed by atoms with van der Waals surface area (Å²) in [5, 5.41) is 6.78. The molecule has 1 aromatic rings. The second kappa shape index (κ2) is 10.9. The lowest BCUT2D eigenvalue weighted by Crippen LogP contribution is -2.38. The van der Waals surface area contributed by atoms with Gasteiger partial charge in [0.2, 0.25) is 0 Å². The summed E-state index contributed by atoms with van der Waals surface area (Å²) in [5.41, 5.74) is 1.45. The zero-order chi connectivity index (χ0) is 14.0. The van der Waals surface area contributed by atoms with Crippen molar-refractivity contribution in [3.8, 4) is 0 Å². The molecule has 0 atom stereocenters. The van der Waals surface area contributed by atoms with Crippen molar-refractivity contribution in [2.45, 2.75) is 38.5 Å². The number of guanidine groups is 1. The smallest absolute Gasteiger partial charge is 0.190 e. The first-order chi connectivity index (χ1) is 9.88. The SMILES string of the molecule is CN=C(NCCCCCc1ccccc1)NCC1CC1.I. The Bertz CT molecular complexity index is 402. The van der Waals surface area contributed by atoms with Crippen LogP contribution >= 0.6 is 24.0 Å². The lowest BCUT2D eigenvalue weighted by Gasteiger charge is -2.11. The van der Waals surface area contributed by atoms with Gasteiger partial charge in [0.25, 0.3) is 0 Å². The highest BCUT2D eigenvalue weighted by molar-refractivity contribution is 14.0. The van der Waals surface area contributed by atoms with E-state index in [4.69, 9.17) is 0 Å². The Kier molecular flexibility index (Phi) is 9.46. The number of hydrogen-bond donors (Lipinski definition) is 2. The summed E-state index contributed by atoms with van der Waals surface area (Å²) in [7, 11) is 1.84. The van der Waals surface area contributed by atoms with Gasteiger partial charge in [-0.05, 0) is 43.6 Å². The van der Waals surface area contributed by atoms with Gasteiger partial charge in [0.1, 0.15) is 0 Å². The Morgan fingerprint density at radius 3 is 2.52 bits per heavy atom. The Morgan fingerprint density at radius 1 is 1.10 bits per heavy atom. The minimum Gasteiger partial charge on any atom is -0.356 e. The van der Waals surface area contributed by atoms with Gasteiger partial charge in [0, 0.05) is 20.1 Å². The first kappa shape index (κ1) is 18.3. The van der Waals surface area contributed by atoms with E-state index in [2.05, 4.69) is 46.0 Å². The Hall–Kier alpha value is -0.780. The van der Waals surface area contributed by atoms with Crippen LogP contribution in [0.4, 0.5) is 0 Å². The van der Waals surface area contributed by atoms with Gasteiger partial charge in [-0.3, -0.25) is 4.99 Å². The highest BCUT2D eigenvalue weighted by Gasteiger charge is 2.20. The van der Waals surface area contributed by atoms with E-state index >= 15 is 0 Å². The van der Waals surface area contributed by atoms with Crippen molar-refractivity contribution in [3.05, 3.63) is 35.9 Å². The number of nitrogens with zero attached hydrogens (tertiary/aromatic N) is 1. The standard InChI is InChI=1S/C17H27N3.HI/c1-18-17(20-14-16-11-12-16)19-13-7-3-6-10-15-8-4-2-5-9-15;/h2,4-5,8-9,16H,3,6-7,10-14H2,1H3,(H2,18,19,20);1H. The van der Waals surface area contributed by atoms with Crippen LogP contribution in [-0.4, -0.2) is 26.1 Å². The number of nitrogens with one attached hydrogen (secondary N) is 2. The van der Waals surface area contributed by atoms with Crippen molar-refractivity contribution in [2.75, 3.05) is 20.1 Å². The molecule has 0 saturated heterocycles. The molecule has 0 radical (unpaired) electrons. The van der Waals surface area contributed by atoms with Gasteiger partial charge < -0.3 is 10.6 Å². The van der Waals surface area contributed by atoms with E-state index in [1.165, 1.54) is 44.1 Å². The molecule has 0 bridgehead atoms. The van der Waals surface area contributed by atoms with Gasteiger partial charge in [-0.25, -0.2) is 0 Å². The molecule has 118 valence electrons. The minimum atomic E-state index is 0. The van der Waals surface area contributed by atoms with Crippen LogP contribution in [0.15, 0.2) is 35.3 Å². The summed E-state index contributed by atoms with van der Waals surface area (Å²) in [6, 6.07) is 10.7. The molecule has 0 spiro atoms. The van der Waals surface area contributed by atoms with E-state index in [-0.39, 0.29) is 24.0 Å². The first-order valence-corrected chi connectivity index (χ1v) is 7.87. The fourth-order valence-electron chi connectivity index (χ4n) is 2.27. The zero-order valence-electron chi connectivity index (χ0n) is 13.0. The third kappa shape index (κ3) is 8.29.